The van der Waals surface area contributed by atoms with Crippen molar-refractivity contribution in [2.24, 2.45) is 0 Å². The van der Waals surface area contributed by atoms with Gasteiger partial charge in [-0.1, -0.05) is 6.58 Å². The molecule has 0 atom stereocenters. The van der Waals surface area contributed by atoms with Gasteiger partial charge in [-0.25, -0.2) is 8.42 Å². The van der Waals surface area contributed by atoms with Gasteiger partial charge in [0.15, 0.2) is 0 Å². The van der Waals surface area contributed by atoms with E-state index in [9.17, 15) is 4.79 Å². The average molecular weight is 252 g/mol. The SMILES string of the molecule is C=CC(=O)NCCC[NH+](C)C.CS(=O)(=O)[O-]. The van der Waals surface area contributed by atoms with Crippen molar-refractivity contribution in [3.8, 4) is 0 Å². The van der Waals surface area contributed by atoms with Crippen LogP contribution in [0.25, 0.3) is 0 Å². The summed E-state index contributed by atoms with van der Waals surface area (Å²) in [5.74, 6) is -0.0845. The van der Waals surface area contributed by atoms with E-state index in [1.807, 2.05) is 0 Å². The molecule has 0 aliphatic heterocycles. The van der Waals surface area contributed by atoms with E-state index < -0.39 is 10.1 Å². The second-order valence-electron chi connectivity index (χ2n) is 3.51. The monoisotopic (exact) mass is 252 g/mol. The molecule has 0 aliphatic rings. The van der Waals surface area contributed by atoms with E-state index in [1.54, 1.807) is 0 Å². The summed E-state index contributed by atoms with van der Waals surface area (Å²) in [5.41, 5.74) is 0. The number of hydrogen-bond donors (Lipinski definition) is 2. The van der Waals surface area contributed by atoms with Crippen LogP contribution in [-0.2, 0) is 14.9 Å². The van der Waals surface area contributed by atoms with Gasteiger partial charge in [0.25, 0.3) is 0 Å². The second kappa shape index (κ2) is 9.32. The van der Waals surface area contributed by atoms with E-state index in [4.69, 9.17) is 13.0 Å². The Labute approximate surface area is 97.1 Å². The highest BCUT2D eigenvalue weighted by molar-refractivity contribution is 7.84. The van der Waals surface area contributed by atoms with Gasteiger partial charge >= 0.3 is 0 Å². The third-order valence-electron chi connectivity index (χ3n) is 1.34. The van der Waals surface area contributed by atoms with Crippen LogP contribution in [0.3, 0.4) is 0 Å². The third kappa shape index (κ3) is 29.2. The van der Waals surface area contributed by atoms with Crippen LogP contribution in [-0.4, -0.2) is 52.3 Å². The minimum Gasteiger partial charge on any atom is -0.748 e. The van der Waals surface area contributed by atoms with E-state index in [0.29, 0.717) is 6.26 Å². The third-order valence-corrected chi connectivity index (χ3v) is 1.34. The predicted octanol–water partition coefficient (Wildman–Crippen LogP) is -2.02. The first-order chi connectivity index (χ1) is 7.16. The summed E-state index contributed by atoms with van der Waals surface area (Å²) in [6.07, 6.45) is 2.91. The highest BCUT2D eigenvalue weighted by Crippen LogP contribution is 1.70. The second-order valence-corrected chi connectivity index (χ2v) is 4.92. The Morgan fingerprint density at radius 2 is 1.94 bits per heavy atom. The Balaban J connectivity index is 0. The number of carbonyl (C=O) groups is 1. The number of amides is 1. The molecule has 0 saturated heterocycles. The highest BCUT2D eigenvalue weighted by Gasteiger charge is 1.94. The van der Waals surface area contributed by atoms with Gasteiger partial charge in [0.05, 0.1) is 30.8 Å². The lowest BCUT2D eigenvalue weighted by Crippen LogP contribution is -3.05. The molecule has 0 aliphatic carbocycles. The van der Waals surface area contributed by atoms with E-state index in [2.05, 4.69) is 26.0 Å². The fourth-order valence-electron chi connectivity index (χ4n) is 0.726. The van der Waals surface area contributed by atoms with Gasteiger partial charge in [0.1, 0.15) is 0 Å². The maximum absolute atomic E-state index is 10.6. The van der Waals surface area contributed by atoms with Crippen molar-refractivity contribution >= 4 is 16.0 Å². The summed E-state index contributed by atoms with van der Waals surface area (Å²) in [6, 6.07) is 0. The number of nitrogens with one attached hydrogen (secondary N) is 2. The Kier molecular flexibility index (Phi) is 10.2. The molecule has 0 radical (unpaired) electrons. The van der Waals surface area contributed by atoms with Crippen LogP contribution < -0.4 is 10.2 Å². The van der Waals surface area contributed by atoms with Crippen LogP contribution in [0.15, 0.2) is 12.7 Å². The minimum atomic E-state index is -3.92. The molecule has 0 fully saturated rings. The topological polar surface area (TPSA) is 90.7 Å². The number of carbonyl (C=O) groups excluding carboxylic acids is 1. The van der Waals surface area contributed by atoms with Gasteiger partial charge < -0.3 is 14.8 Å². The van der Waals surface area contributed by atoms with Crippen molar-refractivity contribution in [1.82, 2.24) is 5.32 Å². The van der Waals surface area contributed by atoms with Crippen LogP contribution in [0.1, 0.15) is 6.42 Å². The normalized spacial score (nSPS) is 10.3. The molecule has 0 heterocycles. The largest absolute Gasteiger partial charge is 0.748 e. The zero-order chi connectivity index (χ0) is 13.2. The number of hydrogen-bond acceptors (Lipinski definition) is 4. The van der Waals surface area contributed by atoms with Crippen molar-refractivity contribution in [1.29, 1.82) is 0 Å². The predicted molar refractivity (Wildman–Crippen MR) is 61.1 cm³/mol. The zero-order valence-corrected chi connectivity index (χ0v) is 10.8. The van der Waals surface area contributed by atoms with Crippen LogP contribution in [0.2, 0.25) is 0 Å². The number of quaternary nitrogens is 1. The molecule has 0 rings (SSSR count). The first-order valence-corrected chi connectivity index (χ1v) is 6.58. The zero-order valence-electron chi connectivity index (χ0n) is 9.95. The van der Waals surface area contributed by atoms with Crippen LogP contribution in [0.5, 0.6) is 0 Å². The maximum atomic E-state index is 10.6. The van der Waals surface area contributed by atoms with Crippen molar-refractivity contribution in [2.75, 3.05) is 33.4 Å². The molecule has 16 heavy (non-hydrogen) atoms. The molecule has 6 nitrogen and oxygen atoms in total. The van der Waals surface area contributed by atoms with Crippen molar-refractivity contribution in [2.45, 2.75) is 6.42 Å². The molecule has 7 heteroatoms. The quantitative estimate of drug-likeness (QED) is 0.336. The van der Waals surface area contributed by atoms with E-state index >= 15 is 0 Å². The Hall–Kier alpha value is -0.920. The molecular weight excluding hydrogens is 232 g/mol. The summed E-state index contributed by atoms with van der Waals surface area (Å²) in [6.45, 7) is 5.18. The van der Waals surface area contributed by atoms with Crippen LogP contribution in [0.4, 0.5) is 0 Å². The van der Waals surface area contributed by atoms with Gasteiger partial charge in [-0.05, 0) is 6.08 Å². The molecule has 0 bridgehead atoms. The van der Waals surface area contributed by atoms with E-state index in [0.717, 1.165) is 19.5 Å². The first kappa shape index (κ1) is 17.5. The Morgan fingerprint density at radius 3 is 2.25 bits per heavy atom. The first-order valence-electron chi connectivity index (χ1n) is 4.77. The van der Waals surface area contributed by atoms with Crippen molar-refractivity contribution in [3.63, 3.8) is 0 Å². The van der Waals surface area contributed by atoms with Crippen molar-refractivity contribution < 1.29 is 22.7 Å². The lowest BCUT2D eigenvalue weighted by Gasteiger charge is -2.06. The molecule has 0 aromatic carbocycles. The molecule has 0 spiro atoms. The average Bonchev–Trinajstić information content (AvgIpc) is 2.09. The fourth-order valence-corrected chi connectivity index (χ4v) is 0.726. The Bertz CT molecular complexity index is 291. The molecule has 0 aromatic rings. The van der Waals surface area contributed by atoms with Crippen LogP contribution >= 0.6 is 0 Å². The summed E-state index contributed by atoms with van der Waals surface area (Å²) in [4.78, 5) is 12.0. The molecular formula is C9H20N2O4S. The highest BCUT2D eigenvalue weighted by atomic mass is 32.2. The van der Waals surface area contributed by atoms with E-state index in [-0.39, 0.29) is 5.91 Å². The fraction of sp³-hybridized carbons (Fsp3) is 0.667. The standard InChI is InChI=1S/C8H16N2O.CH4O3S/c1-4-8(11)9-6-5-7-10(2)3;1-5(2,3)4/h4H,1,5-7H2,2-3H3,(H,9,11);1H3,(H,2,3,4). The number of rotatable bonds is 5. The van der Waals surface area contributed by atoms with Gasteiger partial charge in [0.2, 0.25) is 5.91 Å². The summed E-state index contributed by atoms with van der Waals surface area (Å²) in [5, 5.41) is 2.72. The molecule has 1 amide bonds. The van der Waals surface area contributed by atoms with Gasteiger partial charge in [0, 0.05) is 19.2 Å². The lowest BCUT2D eigenvalue weighted by atomic mass is 10.4. The van der Waals surface area contributed by atoms with Gasteiger partial charge in [-0.2, -0.15) is 0 Å². The summed E-state index contributed by atoms with van der Waals surface area (Å²) < 4.78 is 27.2. The molecule has 0 saturated carbocycles. The van der Waals surface area contributed by atoms with Crippen molar-refractivity contribution in [3.05, 3.63) is 12.7 Å². The molecule has 0 aromatic heterocycles. The lowest BCUT2D eigenvalue weighted by molar-refractivity contribution is -0.858. The van der Waals surface area contributed by atoms with E-state index in [1.165, 1.54) is 11.0 Å². The van der Waals surface area contributed by atoms with Crippen LogP contribution in [0, 0.1) is 0 Å². The Morgan fingerprint density at radius 1 is 1.50 bits per heavy atom. The summed E-state index contributed by atoms with van der Waals surface area (Å²) >= 11 is 0. The molecule has 0 unspecified atom stereocenters. The minimum absolute atomic E-state index is 0.0845. The smallest absolute Gasteiger partial charge is 0.243 e. The molecule has 96 valence electrons. The van der Waals surface area contributed by atoms with Gasteiger partial charge in [-0.15, -0.1) is 0 Å². The van der Waals surface area contributed by atoms with Gasteiger partial charge in [-0.3, -0.25) is 4.79 Å². The maximum Gasteiger partial charge on any atom is 0.243 e. The summed E-state index contributed by atoms with van der Waals surface area (Å²) in [7, 11) is 0.268. The molecule has 2 N–H and O–H groups in total.